The van der Waals surface area contributed by atoms with Crippen LogP contribution in [0.15, 0.2) is 16.6 Å². The van der Waals surface area contributed by atoms with E-state index in [9.17, 15) is 18.8 Å². The van der Waals surface area contributed by atoms with Crippen molar-refractivity contribution in [3.8, 4) is 0 Å². The van der Waals surface area contributed by atoms with Crippen LogP contribution in [0.2, 0.25) is 0 Å². The highest BCUT2D eigenvalue weighted by molar-refractivity contribution is 9.10. The largest absolute Gasteiger partial charge is 0.465 e. The topological polar surface area (TPSA) is 82.1 Å². The maximum absolute atomic E-state index is 14.0. The lowest BCUT2D eigenvalue weighted by Gasteiger charge is -2.29. The van der Waals surface area contributed by atoms with Crippen LogP contribution in [0.25, 0.3) is 0 Å². The van der Waals surface area contributed by atoms with Crippen molar-refractivity contribution < 1.29 is 33.0 Å². The molecule has 0 bridgehead atoms. The third-order valence-corrected chi connectivity index (χ3v) is 3.44. The van der Waals surface area contributed by atoms with Crippen LogP contribution in [-0.4, -0.2) is 36.5 Å². The first kappa shape index (κ1) is 22.9. The fourth-order valence-corrected chi connectivity index (χ4v) is 2.21. The second-order valence-corrected chi connectivity index (χ2v) is 8.43. The molecular formula is C18H23BrFNO6. The molecule has 2 amide bonds. The molecule has 0 radical (unpaired) electrons. The molecule has 150 valence electrons. The van der Waals surface area contributed by atoms with Crippen LogP contribution in [0.5, 0.6) is 0 Å². The molecule has 0 aliphatic rings. The van der Waals surface area contributed by atoms with Crippen molar-refractivity contribution >= 4 is 39.8 Å². The first-order valence-electron chi connectivity index (χ1n) is 7.99. The van der Waals surface area contributed by atoms with Gasteiger partial charge in [-0.05, 0) is 69.6 Å². The summed E-state index contributed by atoms with van der Waals surface area (Å²) < 4.78 is 29.0. The molecule has 0 aromatic heterocycles. The van der Waals surface area contributed by atoms with Crippen LogP contribution in [0.1, 0.15) is 51.9 Å². The highest BCUT2D eigenvalue weighted by Gasteiger charge is 2.35. The maximum atomic E-state index is 14.0. The maximum Gasteiger partial charge on any atom is 0.424 e. The zero-order valence-corrected chi connectivity index (χ0v) is 17.9. The molecule has 0 saturated carbocycles. The van der Waals surface area contributed by atoms with Gasteiger partial charge < -0.3 is 14.2 Å². The second kappa shape index (κ2) is 8.24. The molecule has 0 atom stereocenters. The first-order chi connectivity index (χ1) is 12.2. The lowest BCUT2D eigenvalue weighted by molar-refractivity contribution is 0.0430. The van der Waals surface area contributed by atoms with Crippen molar-refractivity contribution in [1.82, 2.24) is 0 Å². The summed E-state index contributed by atoms with van der Waals surface area (Å²) in [6.45, 7) is 9.67. The summed E-state index contributed by atoms with van der Waals surface area (Å²) in [6.07, 6.45) is -2.17. The molecule has 7 nitrogen and oxygen atoms in total. The molecule has 0 N–H and O–H groups in total. The summed E-state index contributed by atoms with van der Waals surface area (Å²) >= 11 is 2.98. The Morgan fingerprint density at radius 1 is 0.963 bits per heavy atom. The van der Waals surface area contributed by atoms with E-state index in [2.05, 4.69) is 20.7 Å². The fourth-order valence-electron chi connectivity index (χ4n) is 1.88. The van der Waals surface area contributed by atoms with E-state index in [-0.39, 0.29) is 15.7 Å². The minimum atomic E-state index is -1.08. The fraction of sp³-hybridized carbons (Fsp3) is 0.500. The van der Waals surface area contributed by atoms with Crippen LogP contribution in [0.4, 0.5) is 19.7 Å². The predicted octanol–water partition coefficient (Wildman–Crippen LogP) is 5.05. The van der Waals surface area contributed by atoms with Crippen molar-refractivity contribution in [2.75, 3.05) is 12.0 Å². The highest BCUT2D eigenvalue weighted by atomic mass is 79.9. The van der Waals surface area contributed by atoms with Gasteiger partial charge in [0, 0.05) is 0 Å². The Morgan fingerprint density at radius 3 is 1.78 bits per heavy atom. The number of carbonyl (C=O) groups excluding carboxylic acids is 3. The van der Waals surface area contributed by atoms with E-state index >= 15 is 0 Å². The summed E-state index contributed by atoms with van der Waals surface area (Å²) in [4.78, 5) is 38.0. The summed E-state index contributed by atoms with van der Waals surface area (Å²) in [5.41, 5.74) is -2.44. The predicted molar refractivity (Wildman–Crippen MR) is 100 cm³/mol. The van der Waals surface area contributed by atoms with Crippen molar-refractivity contribution in [2.45, 2.75) is 52.7 Å². The Hall–Kier alpha value is -2.16. The Kier molecular flexibility index (Phi) is 6.99. The van der Waals surface area contributed by atoms with Gasteiger partial charge in [0.05, 0.1) is 22.8 Å². The highest BCUT2D eigenvalue weighted by Crippen LogP contribution is 2.31. The SMILES string of the molecule is COC(=O)c1cc(F)c(Br)cc1N(C(=O)OC(C)(C)C)C(=O)OC(C)(C)C. The van der Waals surface area contributed by atoms with Crippen molar-refractivity contribution in [3.63, 3.8) is 0 Å². The molecule has 0 aliphatic heterocycles. The second-order valence-electron chi connectivity index (χ2n) is 7.57. The van der Waals surface area contributed by atoms with Crippen molar-refractivity contribution in [3.05, 3.63) is 28.0 Å². The van der Waals surface area contributed by atoms with Gasteiger partial charge in [0.25, 0.3) is 0 Å². The zero-order valence-electron chi connectivity index (χ0n) is 16.3. The molecule has 27 heavy (non-hydrogen) atoms. The molecule has 0 unspecified atom stereocenters. The Morgan fingerprint density at radius 2 is 1.41 bits per heavy atom. The van der Waals surface area contributed by atoms with Crippen LogP contribution < -0.4 is 4.90 Å². The smallest absolute Gasteiger partial charge is 0.424 e. The monoisotopic (exact) mass is 447 g/mol. The molecule has 0 aliphatic carbocycles. The molecule has 0 heterocycles. The van der Waals surface area contributed by atoms with Crippen LogP contribution >= 0.6 is 15.9 Å². The van der Waals surface area contributed by atoms with Gasteiger partial charge in [-0.2, -0.15) is 4.90 Å². The van der Waals surface area contributed by atoms with Crippen molar-refractivity contribution in [1.29, 1.82) is 0 Å². The zero-order chi connectivity index (χ0) is 21.2. The van der Waals surface area contributed by atoms with Gasteiger partial charge in [-0.3, -0.25) is 0 Å². The van der Waals surface area contributed by atoms with E-state index in [0.29, 0.717) is 4.90 Å². The number of benzene rings is 1. The lowest BCUT2D eigenvalue weighted by atomic mass is 10.1. The number of ether oxygens (including phenoxy) is 3. The molecular weight excluding hydrogens is 425 g/mol. The quantitative estimate of drug-likeness (QED) is 0.465. The summed E-state index contributed by atoms with van der Waals surface area (Å²) in [5, 5.41) is 0. The number of nitrogens with zero attached hydrogens (tertiary/aromatic N) is 1. The van der Waals surface area contributed by atoms with Gasteiger partial charge in [0.2, 0.25) is 0 Å². The number of carbonyl (C=O) groups is 3. The van der Waals surface area contributed by atoms with Crippen LogP contribution in [0, 0.1) is 5.82 Å². The van der Waals surface area contributed by atoms with Gasteiger partial charge in [0.15, 0.2) is 0 Å². The van der Waals surface area contributed by atoms with E-state index in [4.69, 9.17) is 9.47 Å². The summed E-state index contributed by atoms with van der Waals surface area (Å²) in [5.74, 6) is -1.71. The van der Waals surface area contributed by atoms with E-state index in [0.717, 1.165) is 19.2 Å². The third kappa shape index (κ3) is 6.50. The van der Waals surface area contributed by atoms with E-state index < -0.39 is 35.2 Å². The van der Waals surface area contributed by atoms with Crippen LogP contribution in [-0.2, 0) is 14.2 Å². The molecule has 0 fully saturated rings. The number of methoxy groups -OCH3 is 1. The Labute approximate surface area is 165 Å². The molecule has 9 heteroatoms. The molecule has 1 aromatic rings. The van der Waals surface area contributed by atoms with Crippen molar-refractivity contribution in [2.24, 2.45) is 0 Å². The molecule has 1 rings (SSSR count). The average Bonchev–Trinajstić information content (AvgIpc) is 2.46. The summed E-state index contributed by atoms with van der Waals surface area (Å²) in [7, 11) is 1.09. The van der Waals surface area contributed by atoms with E-state index in [1.807, 2.05) is 0 Å². The number of anilines is 1. The molecule has 1 aromatic carbocycles. The minimum Gasteiger partial charge on any atom is -0.465 e. The van der Waals surface area contributed by atoms with Gasteiger partial charge in [0.1, 0.15) is 17.0 Å². The number of rotatable bonds is 2. The standard InChI is InChI=1S/C18H23BrFNO6/c1-17(2,3)26-15(23)21(16(24)27-18(4,5)6)13-9-11(19)12(20)8-10(13)14(22)25-7/h8-9H,1-7H3. The number of hydrogen-bond donors (Lipinski definition) is 0. The lowest BCUT2D eigenvalue weighted by Crippen LogP contribution is -2.44. The third-order valence-electron chi connectivity index (χ3n) is 2.84. The van der Waals surface area contributed by atoms with Crippen LogP contribution in [0.3, 0.4) is 0 Å². The number of imide groups is 1. The van der Waals surface area contributed by atoms with Gasteiger partial charge in [-0.15, -0.1) is 0 Å². The number of halogens is 2. The Balaban J connectivity index is 3.59. The van der Waals surface area contributed by atoms with Gasteiger partial charge in [-0.1, -0.05) is 0 Å². The first-order valence-corrected chi connectivity index (χ1v) is 8.79. The summed E-state index contributed by atoms with van der Waals surface area (Å²) in [6, 6.07) is 1.96. The normalized spacial score (nSPS) is 11.6. The molecule has 0 saturated heterocycles. The number of hydrogen-bond acceptors (Lipinski definition) is 6. The van der Waals surface area contributed by atoms with Gasteiger partial charge in [-0.25, -0.2) is 18.8 Å². The number of esters is 1. The average molecular weight is 448 g/mol. The van der Waals surface area contributed by atoms with Gasteiger partial charge >= 0.3 is 18.2 Å². The minimum absolute atomic E-state index is 0.0673. The van der Waals surface area contributed by atoms with E-state index in [1.54, 1.807) is 41.5 Å². The van der Waals surface area contributed by atoms with E-state index in [1.165, 1.54) is 0 Å². The number of amides is 2. The molecule has 0 spiro atoms. The Bertz CT molecular complexity index is 723.